The lowest BCUT2D eigenvalue weighted by Gasteiger charge is -2.11. The number of alkyl halides is 1. The summed E-state index contributed by atoms with van der Waals surface area (Å²) in [5.74, 6) is -0.271. The summed E-state index contributed by atoms with van der Waals surface area (Å²) in [5, 5.41) is 9.45. The van der Waals surface area contributed by atoms with E-state index in [0.29, 0.717) is 0 Å². The molecule has 0 N–H and O–H groups in total. The maximum Gasteiger partial charge on any atom is 0.367 e. The van der Waals surface area contributed by atoms with E-state index in [-0.39, 0.29) is 12.3 Å². The van der Waals surface area contributed by atoms with Crippen molar-refractivity contribution in [1.82, 2.24) is 9.97 Å². The Labute approximate surface area is 114 Å². The molecule has 1 unspecified atom stereocenters. The molecule has 10 heteroatoms. The lowest BCUT2D eigenvalue weighted by molar-refractivity contribution is -0.389. The minimum atomic E-state index is -3.97. The molecule has 0 aliphatic heterocycles. The minimum absolute atomic E-state index is 0.121. The first-order chi connectivity index (χ1) is 8.86. The predicted octanol–water partition coefficient (Wildman–Crippen LogP) is 1.18. The Kier molecular flexibility index (Phi) is 5.01. The maximum absolute atomic E-state index is 12.2. The van der Waals surface area contributed by atoms with Crippen molar-refractivity contribution in [2.45, 2.75) is 23.6 Å². The van der Waals surface area contributed by atoms with Crippen molar-refractivity contribution in [2.24, 2.45) is 0 Å². The molecule has 19 heavy (non-hydrogen) atoms. The van der Waals surface area contributed by atoms with Gasteiger partial charge in [-0.2, -0.15) is 4.98 Å². The van der Waals surface area contributed by atoms with E-state index in [1.165, 1.54) is 6.92 Å². The number of hydrogen-bond donors (Lipinski definition) is 0. The fraction of sp³-hybridized carbons (Fsp3) is 0.556. The third-order valence-corrected chi connectivity index (χ3v) is 4.80. The van der Waals surface area contributed by atoms with Crippen molar-refractivity contribution in [3.8, 4) is 5.88 Å². The largest absolute Gasteiger partial charge is 0.476 e. The molecule has 1 atom stereocenters. The molecule has 0 saturated heterocycles. The monoisotopic (exact) mass is 309 g/mol. The van der Waals surface area contributed by atoms with Crippen molar-refractivity contribution in [3.05, 3.63) is 16.4 Å². The summed E-state index contributed by atoms with van der Waals surface area (Å²) in [4.78, 5) is 17.2. The van der Waals surface area contributed by atoms with E-state index in [0.717, 1.165) is 13.4 Å². The Morgan fingerprint density at radius 1 is 1.53 bits per heavy atom. The maximum atomic E-state index is 12.2. The van der Waals surface area contributed by atoms with Gasteiger partial charge >= 0.3 is 5.69 Å². The summed E-state index contributed by atoms with van der Waals surface area (Å²) >= 11 is 5.50. The Bertz CT molecular complexity index is 577. The van der Waals surface area contributed by atoms with Crippen LogP contribution in [0.15, 0.2) is 11.4 Å². The topological polar surface area (TPSA) is 112 Å². The van der Waals surface area contributed by atoms with Gasteiger partial charge in [0.05, 0.1) is 17.3 Å². The van der Waals surface area contributed by atoms with Gasteiger partial charge in [-0.3, -0.25) is 10.1 Å². The first-order valence-electron chi connectivity index (χ1n) is 5.19. The smallest absolute Gasteiger partial charge is 0.367 e. The zero-order valence-corrected chi connectivity index (χ0v) is 11.8. The van der Waals surface area contributed by atoms with Crippen LogP contribution in [0.25, 0.3) is 0 Å². The molecule has 0 aromatic carbocycles. The predicted molar refractivity (Wildman–Crippen MR) is 67.2 cm³/mol. The second kappa shape index (κ2) is 6.11. The summed E-state index contributed by atoms with van der Waals surface area (Å²) in [7, 11) is -2.81. The number of hydrogen-bond acceptors (Lipinski definition) is 7. The van der Waals surface area contributed by atoms with E-state index < -0.39 is 36.6 Å². The van der Waals surface area contributed by atoms with Gasteiger partial charge in [0.25, 0.3) is 5.88 Å². The van der Waals surface area contributed by atoms with Gasteiger partial charge in [0, 0.05) is 5.88 Å². The summed E-state index contributed by atoms with van der Waals surface area (Å²) < 4.78 is 29.1. The van der Waals surface area contributed by atoms with E-state index in [9.17, 15) is 18.5 Å². The molecular weight excluding hydrogens is 298 g/mol. The van der Waals surface area contributed by atoms with Gasteiger partial charge in [0.1, 0.15) is 6.33 Å². The molecular formula is C9H12ClN3O5S. The van der Waals surface area contributed by atoms with Gasteiger partial charge in [-0.25, -0.2) is 13.4 Å². The zero-order valence-electron chi connectivity index (χ0n) is 10.2. The molecule has 0 aliphatic rings. The van der Waals surface area contributed by atoms with E-state index >= 15 is 0 Å². The van der Waals surface area contributed by atoms with E-state index in [2.05, 4.69) is 9.97 Å². The lowest BCUT2D eigenvalue weighted by Crippen LogP contribution is -2.21. The molecule has 0 amide bonds. The van der Waals surface area contributed by atoms with Crippen molar-refractivity contribution < 1.29 is 18.1 Å². The van der Waals surface area contributed by atoms with E-state index in [4.69, 9.17) is 16.3 Å². The number of ether oxygens (including phenoxy) is 1. The molecule has 1 heterocycles. The van der Waals surface area contributed by atoms with Crippen molar-refractivity contribution in [3.63, 3.8) is 0 Å². The minimum Gasteiger partial charge on any atom is -0.476 e. The number of sulfone groups is 1. The average molecular weight is 310 g/mol. The van der Waals surface area contributed by atoms with Crippen LogP contribution in [0.3, 0.4) is 0 Å². The number of methoxy groups -OCH3 is 1. The van der Waals surface area contributed by atoms with Crippen molar-refractivity contribution in [2.75, 3.05) is 13.0 Å². The van der Waals surface area contributed by atoms with E-state index in [1.807, 2.05) is 0 Å². The normalized spacial score (nSPS) is 13.0. The first-order valence-corrected chi connectivity index (χ1v) is 7.27. The number of nitro groups is 1. The molecule has 1 aromatic heterocycles. The summed E-state index contributed by atoms with van der Waals surface area (Å²) in [6.45, 7) is 1.41. The van der Waals surface area contributed by atoms with Gasteiger partial charge in [-0.05, 0) is 13.3 Å². The first kappa shape index (κ1) is 15.6. The number of aromatic nitrogens is 2. The van der Waals surface area contributed by atoms with Crippen LogP contribution in [0.1, 0.15) is 13.3 Å². The highest BCUT2D eigenvalue weighted by atomic mass is 35.5. The van der Waals surface area contributed by atoms with E-state index in [1.54, 1.807) is 0 Å². The second-order valence-electron chi connectivity index (χ2n) is 3.63. The Balaban J connectivity index is 3.46. The van der Waals surface area contributed by atoms with Gasteiger partial charge in [-0.15, -0.1) is 11.6 Å². The summed E-state index contributed by atoms with van der Waals surface area (Å²) in [6.07, 6.45) is 1.07. The number of nitrogens with zero attached hydrogens (tertiary/aromatic N) is 3. The highest BCUT2D eigenvalue weighted by Gasteiger charge is 2.36. The average Bonchev–Trinajstić information content (AvgIpc) is 2.37. The van der Waals surface area contributed by atoms with Crippen LogP contribution in [0.5, 0.6) is 5.88 Å². The summed E-state index contributed by atoms with van der Waals surface area (Å²) in [6, 6.07) is 0. The van der Waals surface area contributed by atoms with Crippen molar-refractivity contribution in [1.29, 1.82) is 0 Å². The fourth-order valence-electron chi connectivity index (χ4n) is 1.36. The standard InChI is InChI=1S/C9H12ClN3O5S/c1-6(3-4-10)19(16,17)9-7(13(14)15)8(18-2)11-5-12-9/h5-6H,3-4H2,1-2H3. The number of halogens is 1. The van der Waals surface area contributed by atoms with Crippen LogP contribution in [0.2, 0.25) is 0 Å². The third-order valence-electron chi connectivity index (χ3n) is 2.45. The summed E-state index contributed by atoms with van der Waals surface area (Å²) in [5.41, 5.74) is -0.758. The SMILES string of the molecule is COc1ncnc(S(=O)(=O)C(C)CCCl)c1[N+](=O)[O-]. The molecule has 0 bridgehead atoms. The Morgan fingerprint density at radius 2 is 2.16 bits per heavy atom. The second-order valence-corrected chi connectivity index (χ2v) is 6.29. The van der Waals surface area contributed by atoms with Crippen LogP contribution in [0, 0.1) is 10.1 Å². The van der Waals surface area contributed by atoms with Gasteiger partial charge < -0.3 is 4.74 Å². The molecule has 0 fully saturated rings. The Hall–Kier alpha value is -1.48. The molecule has 0 saturated carbocycles. The van der Waals surface area contributed by atoms with Gasteiger partial charge in [0.2, 0.25) is 14.9 Å². The molecule has 1 aromatic rings. The fourth-order valence-corrected chi connectivity index (χ4v) is 3.25. The van der Waals surface area contributed by atoms with Gasteiger partial charge in [0.15, 0.2) is 0 Å². The van der Waals surface area contributed by atoms with Crippen LogP contribution < -0.4 is 4.74 Å². The third kappa shape index (κ3) is 3.10. The van der Waals surface area contributed by atoms with Crippen LogP contribution in [-0.2, 0) is 9.84 Å². The van der Waals surface area contributed by atoms with Crippen LogP contribution in [-0.4, -0.2) is 41.5 Å². The number of rotatable bonds is 6. The molecule has 8 nitrogen and oxygen atoms in total. The van der Waals surface area contributed by atoms with Crippen molar-refractivity contribution >= 4 is 27.1 Å². The molecule has 106 valence electrons. The lowest BCUT2D eigenvalue weighted by atomic mass is 10.4. The van der Waals surface area contributed by atoms with Crippen LogP contribution >= 0.6 is 11.6 Å². The molecule has 1 rings (SSSR count). The highest BCUT2D eigenvalue weighted by Crippen LogP contribution is 2.32. The quantitative estimate of drug-likeness (QED) is 0.335. The molecule has 0 aliphatic carbocycles. The zero-order chi connectivity index (χ0) is 14.6. The van der Waals surface area contributed by atoms with Gasteiger partial charge in [-0.1, -0.05) is 0 Å². The molecule has 0 radical (unpaired) electrons. The molecule has 0 spiro atoms. The Morgan fingerprint density at radius 3 is 2.63 bits per heavy atom. The van der Waals surface area contributed by atoms with Crippen LogP contribution in [0.4, 0.5) is 5.69 Å². The highest BCUT2D eigenvalue weighted by molar-refractivity contribution is 7.92.